The van der Waals surface area contributed by atoms with Crippen molar-refractivity contribution in [2.24, 2.45) is 0 Å². The maximum absolute atomic E-state index is 12.4. The molecule has 0 unspecified atom stereocenters. The first-order chi connectivity index (χ1) is 11.6. The summed E-state index contributed by atoms with van der Waals surface area (Å²) in [6, 6.07) is 6.75. The Labute approximate surface area is 149 Å². The average Bonchev–Trinajstić information content (AvgIpc) is 2.51. The first-order valence-corrected chi connectivity index (χ1v) is 8.59. The van der Waals surface area contributed by atoms with Gasteiger partial charge in [0, 0.05) is 36.2 Å². The van der Waals surface area contributed by atoms with Crippen LogP contribution >= 0.6 is 0 Å². The molecule has 1 aromatic carbocycles. The van der Waals surface area contributed by atoms with E-state index < -0.39 is 11.6 Å². The lowest BCUT2D eigenvalue weighted by molar-refractivity contribution is -0.116. The molecule has 0 saturated heterocycles. The average molecular weight is 348 g/mol. The van der Waals surface area contributed by atoms with Crippen LogP contribution in [0.15, 0.2) is 24.3 Å². The molecule has 0 saturated carbocycles. The van der Waals surface area contributed by atoms with Crippen molar-refractivity contribution in [3.05, 3.63) is 29.8 Å². The van der Waals surface area contributed by atoms with Crippen molar-refractivity contribution in [2.45, 2.75) is 58.9 Å². The third-order valence-electron chi connectivity index (χ3n) is 3.83. The molecule has 2 amide bonds. The fraction of sp³-hybridized carbons (Fsp3) is 0.526. The Morgan fingerprint density at radius 2 is 1.84 bits per heavy atom. The zero-order valence-electron chi connectivity index (χ0n) is 15.5. The standard InChI is InChI=1S/C19H28N2O4/c1-5-6-10-17(23)20-15-9-7-8-14(13-15)16(22)11-12-21(18(24)25)19(2,3)4/h7-9,13H,5-6,10-12H2,1-4H3,(H,20,23)(H,24,25). The van der Waals surface area contributed by atoms with Crippen molar-refractivity contribution in [1.82, 2.24) is 4.90 Å². The number of carbonyl (C=O) groups is 3. The summed E-state index contributed by atoms with van der Waals surface area (Å²) in [5.41, 5.74) is 0.478. The maximum Gasteiger partial charge on any atom is 0.407 e. The summed E-state index contributed by atoms with van der Waals surface area (Å²) in [5, 5.41) is 12.1. The second kappa shape index (κ2) is 9.20. The van der Waals surface area contributed by atoms with E-state index in [-0.39, 0.29) is 24.7 Å². The number of carbonyl (C=O) groups excluding carboxylic acids is 2. The molecule has 0 aromatic heterocycles. The largest absolute Gasteiger partial charge is 0.465 e. The Morgan fingerprint density at radius 1 is 1.16 bits per heavy atom. The van der Waals surface area contributed by atoms with E-state index in [1.165, 1.54) is 4.90 Å². The van der Waals surface area contributed by atoms with Gasteiger partial charge in [-0.05, 0) is 39.3 Å². The molecule has 0 radical (unpaired) electrons. The van der Waals surface area contributed by atoms with Gasteiger partial charge in [0.1, 0.15) is 0 Å². The van der Waals surface area contributed by atoms with Gasteiger partial charge in [0.05, 0.1) is 0 Å². The molecule has 0 aliphatic heterocycles. The topological polar surface area (TPSA) is 86.7 Å². The smallest absolute Gasteiger partial charge is 0.407 e. The van der Waals surface area contributed by atoms with Gasteiger partial charge in [0.25, 0.3) is 0 Å². The van der Waals surface area contributed by atoms with Crippen molar-refractivity contribution in [3.8, 4) is 0 Å². The molecule has 6 nitrogen and oxygen atoms in total. The van der Waals surface area contributed by atoms with Gasteiger partial charge < -0.3 is 15.3 Å². The predicted octanol–water partition coefficient (Wildman–Crippen LogP) is 4.17. The van der Waals surface area contributed by atoms with E-state index in [0.717, 1.165) is 12.8 Å². The zero-order chi connectivity index (χ0) is 19.0. The van der Waals surface area contributed by atoms with Crippen LogP contribution < -0.4 is 5.32 Å². The van der Waals surface area contributed by atoms with Crippen LogP contribution in [-0.4, -0.2) is 39.9 Å². The highest BCUT2D eigenvalue weighted by atomic mass is 16.4. The molecule has 0 aliphatic carbocycles. The van der Waals surface area contributed by atoms with Crippen LogP contribution in [0.25, 0.3) is 0 Å². The number of Topliss-reactive ketones (excluding diaryl/α,β-unsaturated/α-hetero) is 1. The van der Waals surface area contributed by atoms with Gasteiger partial charge in [-0.1, -0.05) is 25.5 Å². The van der Waals surface area contributed by atoms with Crippen LogP contribution in [0.2, 0.25) is 0 Å². The predicted molar refractivity (Wildman–Crippen MR) is 98.0 cm³/mol. The number of ketones is 1. The number of nitrogens with one attached hydrogen (secondary N) is 1. The van der Waals surface area contributed by atoms with Crippen LogP contribution in [0, 0.1) is 0 Å². The van der Waals surface area contributed by atoms with Gasteiger partial charge >= 0.3 is 6.09 Å². The Balaban J connectivity index is 2.71. The number of nitrogens with zero attached hydrogens (tertiary/aromatic N) is 1. The van der Waals surface area contributed by atoms with Crippen molar-refractivity contribution in [3.63, 3.8) is 0 Å². The summed E-state index contributed by atoms with van der Waals surface area (Å²) in [6.07, 6.45) is 1.27. The highest BCUT2D eigenvalue weighted by molar-refractivity contribution is 5.98. The van der Waals surface area contributed by atoms with Crippen molar-refractivity contribution in [2.75, 3.05) is 11.9 Å². The lowest BCUT2D eigenvalue weighted by atomic mass is 10.0. The molecule has 0 atom stereocenters. The molecule has 0 aliphatic rings. The van der Waals surface area contributed by atoms with Crippen LogP contribution in [0.3, 0.4) is 0 Å². The molecule has 138 valence electrons. The lowest BCUT2D eigenvalue weighted by Crippen LogP contribution is -2.45. The number of hydrogen-bond donors (Lipinski definition) is 2. The highest BCUT2D eigenvalue weighted by Crippen LogP contribution is 2.17. The zero-order valence-corrected chi connectivity index (χ0v) is 15.5. The number of carboxylic acid groups (broad SMARTS) is 1. The van der Waals surface area contributed by atoms with Crippen molar-refractivity contribution in [1.29, 1.82) is 0 Å². The summed E-state index contributed by atoms with van der Waals surface area (Å²) >= 11 is 0. The number of anilines is 1. The van der Waals surface area contributed by atoms with Crippen LogP contribution in [0.5, 0.6) is 0 Å². The SMILES string of the molecule is CCCCC(=O)Nc1cccc(C(=O)CCN(C(=O)O)C(C)(C)C)c1. The first kappa shape index (κ1) is 20.7. The summed E-state index contributed by atoms with van der Waals surface area (Å²) < 4.78 is 0. The minimum absolute atomic E-state index is 0.0729. The summed E-state index contributed by atoms with van der Waals surface area (Å²) in [5.74, 6) is -0.226. The van der Waals surface area contributed by atoms with E-state index in [9.17, 15) is 19.5 Å². The molecule has 2 N–H and O–H groups in total. The Kier molecular flexibility index (Phi) is 7.61. The van der Waals surface area contributed by atoms with Crippen molar-refractivity contribution < 1.29 is 19.5 Å². The van der Waals surface area contributed by atoms with E-state index in [0.29, 0.717) is 17.7 Å². The van der Waals surface area contributed by atoms with Gasteiger partial charge in [-0.2, -0.15) is 0 Å². The summed E-state index contributed by atoms with van der Waals surface area (Å²) in [4.78, 5) is 36.7. The molecular formula is C19H28N2O4. The molecule has 25 heavy (non-hydrogen) atoms. The van der Waals surface area contributed by atoms with Crippen LogP contribution in [0.4, 0.5) is 10.5 Å². The van der Waals surface area contributed by atoms with Gasteiger partial charge in [-0.25, -0.2) is 4.79 Å². The maximum atomic E-state index is 12.4. The Morgan fingerprint density at radius 3 is 2.40 bits per heavy atom. The molecule has 0 spiro atoms. The van der Waals surface area contributed by atoms with E-state index in [1.54, 1.807) is 45.0 Å². The van der Waals surface area contributed by atoms with E-state index >= 15 is 0 Å². The quantitative estimate of drug-likeness (QED) is 0.690. The molecule has 6 heteroatoms. The second-order valence-corrected chi connectivity index (χ2v) is 7.01. The fourth-order valence-corrected chi connectivity index (χ4v) is 2.41. The van der Waals surface area contributed by atoms with Gasteiger partial charge in [-0.3, -0.25) is 9.59 Å². The van der Waals surface area contributed by atoms with Gasteiger partial charge in [0.2, 0.25) is 5.91 Å². The molecule has 1 aromatic rings. The third kappa shape index (κ3) is 6.95. The minimum Gasteiger partial charge on any atom is -0.465 e. The minimum atomic E-state index is -1.04. The lowest BCUT2D eigenvalue weighted by Gasteiger charge is -2.32. The highest BCUT2D eigenvalue weighted by Gasteiger charge is 2.26. The molecule has 0 heterocycles. The molecule has 1 rings (SSSR count). The number of amides is 2. The van der Waals surface area contributed by atoms with Gasteiger partial charge in [0.15, 0.2) is 5.78 Å². The number of benzene rings is 1. The first-order valence-electron chi connectivity index (χ1n) is 8.59. The third-order valence-corrected chi connectivity index (χ3v) is 3.83. The van der Waals surface area contributed by atoms with E-state index in [2.05, 4.69) is 5.32 Å². The Bertz CT molecular complexity index is 620. The van der Waals surface area contributed by atoms with E-state index in [1.807, 2.05) is 6.92 Å². The van der Waals surface area contributed by atoms with Crippen LogP contribution in [0.1, 0.15) is 63.7 Å². The van der Waals surface area contributed by atoms with Crippen LogP contribution in [-0.2, 0) is 4.79 Å². The number of unbranched alkanes of at least 4 members (excludes halogenated alkanes) is 1. The molecule has 0 bridgehead atoms. The fourth-order valence-electron chi connectivity index (χ4n) is 2.41. The molecule has 0 fully saturated rings. The monoisotopic (exact) mass is 348 g/mol. The van der Waals surface area contributed by atoms with Crippen molar-refractivity contribution >= 4 is 23.5 Å². The second-order valence-electron chi connectivity index (χ2n) is 7.01. The van der Waals surface area contributed by atoms with E-state index in [4.69, 9.17) is 0 Å². The number of rotatable bonds is 8. The summed E-state index contributed by atoms with van der Waals surface area (Å²) in [6.45, 7) is 7.52. The molecular weight excluding hydrogens is 320 g/mol. The normalized spacial score (nSPS) is 11.0. The number of hydrogen-bond acceptors (Lipinski definition) is 3. The summed E-state index contributed by atoms with van der Waals surface area (Å²) in [7, 11) is 0. The Hall–Kier alpha value is -2.37. The van der Waals surface area contributed by atoms with Gasteiger partial charge in [-0.15, -0.1) is 0 Å².